The first-order chi connectivity index (χ1) is 5.84. The summed E-state index contributed by atoms with van der Waals surface area (Å²) in [7, 11) is 0. The third kappa shape index (κ3) is 2.77. The van der Waals surface area contributed by atoms with Crippen molar-refractivity contribution < 1.29 is 4.79 Å². The van der Waals surface area contributed by atoms with Crippen LogP contribution >= 0.6 is 11.8 Å². The molecule has 0 unspecified atom stereocenters. The summed E-state index contributed by atoms with van der Waals surface area (Å²) in [6.45, 7) is 6.13. The highest BCUT2D eigenvalue weighted by molar-refractivity contribution is 7.99. The van der Waals surface area contributed by atoms with Crippen molar-refractivity contribution in [1.82, 2.24) is 10.2 Å². The Morgan fingerprint density at radius 2 is 2.58 bits per heavy atom. The standard InChI is InChI=1S/C8H14N2OS/c1-2-6-12-7-5-10-4-3-9-8(10)11/h2H,1,3-7H2,(H,9,11). The molecule has 1 aliphatic heterocycles. The SMILES string of the molecule is C=CCSCCN1CCNC1=O. The summed E-state index contributed by atoms with van der Waals surface area (Å²) < 4.78 is 0. The van der Waals surface area contributed by atoms with Gasteiger partial charge in [-0.15, -0.1) is 6.58 Å². The number of carbonyl (C=O) groups excluding carboxylic acids is 1. The van der Waals surface area contributed by atoms with Crippen molar-refractivity contribution in [1.29, 1.82) is 0 Å². The van der Waals surface area contributed by atoms with Gasteiger partial charge in [-0.3, -0.25) is 0 Å². The molecule has 1 aliphatic rings. The number of hydrogen-bond donors (Lipinski definition) is 1. The van der Waals surface area contributed by atoms with Crippen molar-refractivity contribution in [3.8, 4) is 0 Å². The zero-order chi connectivity index (χ0) is 8.81. The molecule has 0 aromatic rings. The first-order valence-corrected chi connectivity index (χ1v) is 5.21. The number of amides is 2. The van der Waals surface area contributed by atoms with E-state index < -0.39 is 0 Å². The van der Waals surface area contributed by atoms with Gasteiger partial charge in [0.05, 0.1) is 0 Å². The molecule has 1 heterocycles. The number of thioether (sulfide) groups is 1. The molecule has 1 N–H and O–H groups in total. The molecule has 4 heteroatoms. The molecule has 0 aliphatic carbocycles. The van der Waals surface area contributed by atoms with Gasteiger partial charge in [0.25, 0.3) is 0 Å². The molecule has 0 bridgehead atoms. The van der Waals surface area contributed by atoms with E-state index in [0.29, 0.717) is 0 Å². The van der Waals surface area contributed by atoms with Crippen molar-refractivity contribution in [3.63, 3.8) is 0 Å². The lowest BCUT2D eigenvalue weighted by Crippen LogP contribution is -2.30. The molecular weight excluding hydrogens is 172 g/mol. The summed E-state index contributed by atoms with van der Waals surface area (Å²) in [5.74, 6) is 1.97. The van der Waals surface area contributed by atoms with Crippen molar-refractivity contribution in [2.75, 3.05) is 31.1 Å². The van der Waals surface area contributed by atoms with Gasteiger partial charge in [0.15, 0.2) is 0 Å². The van der Waals surface area contributed by atoms with Gasteiger partial charge in [-0.05, 0) is 0 Å². The molecule has 1 saturated heterocycles. The molecule has 68 valence electrons. The minimum absolute atomic E-state index is 0.0780. The van der Waals surface area contributed by atoms with Crippen LogP contribution in [0.25, 0.3) is 0 Å². The lowest BCUT2D eigenvalue weighted by Gasteiger charge is -2.12. The van der Waals surface area contributed by atoms with Gasteiger partial charge in [-0.25, -0.2) is 4.79 Å². The smallest absolute Gasteiger partial charge is 0.317 e. The second kappa shape index (κ2) is 5.09. The lowest BCUT2D eigenvalue weighted by molar-refractivity contribution is 0.220. The molecule has 0 atom stereocenters. The van der Waals surface area contributed by atoms with Crippen LogP contribution in [0.3, 0.4) is 0 Å². The fraction of sp³-hybridized carbons (Fsp3) is 0.625. The lowest BCUT2D eigenvalue weighted by atomic mass is 10.6. The molecule has 0 aromatic heterocycles. The van der Waals surface area contributed by atoms with Crippen LogP contribution in [0.2, 0.25) is 0 Å². The molecular formula is C8H14N2OS. The van der Waals surface area contributed by atoms with Crippen LogP contribution in [0.4, 0.5) is 4.79 Å². The van der Waals surface area contributed by atoms with E-state index in [0.717, 1.165) is 31.1 Å². The molecule has 0 saturated carbocycles. The van der Waals surface area contributed by atoms with Crippen molar-refractivity contribution >= 4 is 17.8 Å². The third-order valence-electron chi connectivity index (χ3n) is 1.69. The Hall–Kier alpha value is -0.640. The van der Waals surface area contributed by atoms with Crippen LogP contribution < -0.4 is 5.32 Å². The minimum Gasteiger partial charge on any atom is -0.336 e. The topological polar surface area (TPSA) is 32.3 Å². The summed E-state index contributed by atoms with van der Waals surface area (Å²) in [6.07, 6.45) is 1.88. The molecule has 3 nitrogen and oxygen atoms in total. The maximum absolute atomic E-state index is 11.0. The Bertz CT molecular complexity index is 172. The Balaban J connectivity index is 2.06. The molecule has 0 spiro atoms. The van der Waals surface area contributed by atoms with E-state index in [1.165, 1.54) is 0 Å². The van der Waals surface area contributed by atoms with Crippen LogP contribution in [0.1, 0.15) is 0 Å². The molecule has 1 rings (SSSR count). The van der Waals surface area contributed by atoms with E-state index in [-0.39, 0.29) is 6.03 Å². The van der Waals surface area contributed by atoms with E-state index in [4.69, 9.17) is 0 Å². The fourth-order valence-corrected chi connectivity index (χ4v) is 1.75. The number of rotatable bonds is 5. The number of hydrogen-bond acceptors (Lipinski definition) is 2. The molecule has 0 aromatic carbocycles. The maximum atomic E-state index is 11.0. The molecule has 1 fully saturated rings. The quantitative estimate of drug-likeness (QED) is 0.512. The largest absolute Gasteiger partial charge is 0.336 e. The average molecular weight is 186 g/mol. The third-order valence-corrected chi connectivity index (χ3v) is 2.63. The Labute approximate surface area is 77.2 Å². The average Bonchev–Trinajstić information content (AvgIpc) is 2.46. The predicted molar refractivity (Wildman–Crippen MR) is 52.5 cm³/mol. The van der Waals surface area contributed by atoms with Crippen molar-refractivity contribution in [2.24, 2.45) is 0 Å². The molecule has 12 heavy (non-hydrogen) atoms. The van der Waals surface area contributed by atoms with Gasteiger partial charge in [0, 0.05) is 31.1 Å². The van der Waals surface area contributed by atoms with E-state index in [2.05, 4.69) is 11.9 Å². The van der Waals surface area contributed by atoms with Gasteiger partial charge in [-0.1, -0.05) is 6.08 Å². The Morgan fingerprint density at radius 1 is 1.75 bits per heavy atom. The monoisotopic (exact) mass is 186 g/mol. The van der Waals surface area contributed by atoms with Crippen LogP contribution in [-0.4, -0.2) is 42.1 Å². The van der Waals surface area contributed by atoms with Crippen LogP contribution in [0, 0.1) is 0 Å². The van der Waals surface area contributed by atoms with Crippen molar-refractivity contribution in [3.05, 3.63) is 12.7 Å². The zero-order valence-electron chi connectivity index (χ0n) is 7.08. The number of urea groups is 1. The molecule has 0 radical (unpaired) electrons. The summed E-state index contributed by atoms with van der Waals surface area (Å²) >= 11 is 1.80. The Kier molecular flexibility index (Phi) is 4.00. The molecule has 2 amide bonds. The van der Waals surface area contributed by atoms with Gasteiger partial charge in [0.2, 0.25) is 0 Å². The van der Waals surface area contributed by atoms with E-state index in [1.807, 2.05) is 11.0 Å². The van der Waals surface area contributed by atoms with Crippen LogP contribution in [0.15, 0.2) is 12.7 Å². The summed E-state index contributed by atoms with van der Waals surface area (Å²) in [5, 5.41) is 2.77. The number of carbonyl (C=O) groups is 1. The van der Waals surface area contributed by atoms with Gasteiger partial charge >= 0.3 is 6.03 Å². The summed E-state index contributed by atoms with van der Waals surface area (Å²) in [5.41, 5.74) is 0. The summed E-state index contributed by atoms with van der Waals surface area (Å²) in [6, 6.07) is 0.0780. The van der Waals surface area contributed by atoms with Crippen molar-refractivity contribution in [2.45, 2.75) is 0 Å². The van der Waals surface area contributed by atoms with Gasteiger partial charge < -0.3 is 10.2 Å². The van der Waals surface area contributed by atoms with Crippen LogP contribution in [-0.2, 0) is 0 Å². The van der Waals surface area contributed by atoms with Gasteiger partial charge in [0.1, 0.15) is 0 Å². The first kappa shape index (κ1) is 9.45. The highest BCUT2D eigenvalue weighted by atomic mass is 32.2. The fourth-order valence-electron chi connectivity index (χ4n) is 1.07. The van der Waals surface area contributed by atoms with E-state index in [9.17, 15) is 4.79 Å². The number of nitrogens with one attached hydrogen (secondary N) is 1. The van der Waals surface area contributed by atoms with E-state index in [1.54, 1.807) is 11.8 Å². The maximum Gasteiger partial charge on any atom is 0.317 e. The van der Waals surface area contributed by atoms with Crippen LogP contribution in [0.5, 0.6) is 0 Å². The normalized spacial score (nSPS) is 16.3. The minimum atomic E-state index is 0.0780. The second-order valence-corrected chi connectivity index (χ2v) is 3.73. The first-order valence-electron chi connectivity index (χ1n) is 4.06. The predicted octanol–water partition coefficient (Wildman–Crippen LogP) is 0.931. The summed E-state index contributed by atoms with van der Waals surface area (Å²) in [4.78, 5) is 12.9. The second-order valence-electron chi connectivity index (χ2n) is 2.58. The highest BCUT2D eigenvalue weighted by Crippen LogP contribution is 2.03. The highest BCUT2D eigenvalue weighted by Gasteiger charge is 2.17. The van der Waals surface area contributed by atoms with E-state index >= 15 is 0 Å². The Morgan fingerprint density at radius 3 is 3.17 bits per heavy atom. The zero-order valence-corrected chi connectivity index (χ0v) is 7.90. The number of nitrogens with zero attached hydrogens (tertiary/aromatic N) is 1. The van der Waals surface area contributed by atoms with Gasteiger partial charge in [-0.2, -0.15) is 11.8 Å².